The fourth-order valence-electron chi connectivity index (χ4n) is 5.71. The van der Waals surface area contributed by atoms with Gasteiger partial charge < -0.3 is 26.0 Å². The van der Waals surface area contributed by atoms with Crippen molar-refractivity contribution < 1.29 is 9.53 Å². The molecule has 1 saturated heterocycles. The van der Waals surface area contributed by atoms with E-state index in [0.29, 0.717) is 11.5 Å². The first-order valence-corrected chi connectivity index (χ1v) is 11.8. The Morgan fingerprint density at radius 3 is 3.03 bits per heavy atom. The van der Waals surface area contributed by atoms with Crippen molar-refractivity contribution in [3.05, 3.63) is 52.7 Å². The molecule has 0 radical (unpaired) electrons. The predicted molar refractivity (Wildman–Crippen MR) is 124 cm³/mol. The number of ether oxygens (including phenoxy) is 1. The van der Waals surface area contributed by atoms with Crippen LogP contribution in [0.3, 0.4) is 0 Å². The van der Waals surface area contributed by atoms with Crippen molar-refractivity contribution in [1.82, 2.24) is 10.3 Å². The second-order valence-electron chi connectivity index (χ2n) is 9.85. The standard InChI is InChI=1S/C25H31N5O2/c1-32-23-13-30(12-22(23)26)19-5-3-14-6-18(4-2-15(14)7-19)29-25(31)17-9-21-20-8-16(20)10-27-24(21)28-11-17/h3,5,7,9,11,16,18,20,22-23H,2,4,6,8,10,12-13,26H2,1H3,(H,27,28)(H,29,31)/t16?,18-,20?,22-,23-/m0/s1. The first kappa shape index (κ1) is 20.0. The molecule has 4 N–H and O–H groups in total. The SMILES string of the molecule is CO[C@H]1CN(c2ccc3c(c2)CC[C@H](NC(=O)c2cnc4c(c2)C2CC2CN4)C3)C[C@@H]1N. The average molecular weight is 434 g/mol. The minimum absolute atomic E-state index is 0.00944. The Labute approximate surface area is 188 Å². The predicted octanol–water partition coefficient (Wildman–Crippen LogP) is 2.06. The van der Waals surface area contributed by atoms with E-state index in [1.807, 2.05) is 6.07 Å². The molecule has 6 rings (SSSR count). The molecule has 1 saturated carbocycles. The molecule has 2 fully saturated rings. The van der Waals surface area contributed by atoms with Crippen molar-refractivity contribution in [3.63, 3.8) is 0 Å². The summed E-state index contributed by atoms with van der Waals surface area (Å²) in [5, 5.41) is 6.64. The molecular formula is C25H31N5O2. The van der Waals surface area contributed by atoms with Gasteiger partial charge in [-0.3, -0.25) is 4.79 Å². The van der Waals surface area contributed by atoms with Gasteiger partial charge in [-0.05, 0) is 72.4 Å². The van der Waals surface area contributed by atoms with Gasteiger partial charge in [0.25, 0.3) is 5.91 Å². The van der Waals surface area contributed by atoms with Crippen LogP contribution in [0.4, 0.5) is 11.5 Å². The van der Waals surface area contributed by atoms with Crippen LogP contribution in [0.5, 0.6) is 0 Å². The lowest BCUT2D eigenvalue weighted by Gasteiger charge is -2.28. The summed E-state index contributed by atoms with van der Waals surface area (Å²) in [6.07, 6.45) is 5.80. The summed E-state index contributed by atoms with van der Waals surface area (Å²) in [5.74, 6) is 2.26. The van der Waals surface area contributed by atoms with Gasteiger partial charge in [0.2, 0.25) is 0 Å². The Morgan fingerprint density at radius 2 is 2.19 bits per heavy atom. The van der Waals surface area contributed by atoms with Crippen molar-refractivity contribution in [2.45, 2.75) is 49.8 Å². The Morgan fingerprint density at radius 1 is 1.28 bits per heavy atom. The van der Waals surface area contributed by atoms with Gasteiger partial charge in [0, 0.05) is 44.7 Å². The molecule has 32 heavy (non-hydrogen) atoms. The molecule has 2 aliphatic heterocycles. The molecule has 0 spiro atoms. The van der Waals surface area contributed by atoms with Gasteiger partial charge >= 0.3 is 0 Å². The number of nitrogens with one attached hydrogen (secondary N) is 2. The number of fused-ring (bicyclic) bond motifs is 4. The van der Waals surface area contributed by atoms with Crippen LogP contribution in [0.15, 0.2) is 30.5 Å². The fourth-order valence-corrected chi connectivity index (χ4v) is 5.71. The number of aryl methyl sites for hydroxylation is 1. The van der Waals surface area contributed by atoms with E-state index < -0.39 is 0 Å². The van der Waals surface area contributed by atoms with E-state index in [2.05, 4.69) is 38.7 Å². The third-order valence-electron chi connectivity index (χ3n) is 7.76. The summed E-state index contributed by atoms with van der Waals surface area (Å²) in [6.45, 7) is 2.67. The minimum atomic E-state index is -0.00944. The molecule has 1 aromatic carbocycles. The molecular weight excluding hydrogens is 402 g/mol. The Kier molecular flexibility index (Phi) is 4.84. The van der Waals surface area contributed by atoms with E-state index in [1.54, 1.807) is 13.3 Å². The normalized spacial score (nSPS) is 30.1. The number of nitrogens with two attached hydrogens (primary N) is 1. The molecule has 3 heterocycles. The summed E-state index contributed by atoms with van der Waals surface area (Å²) < 4.78 is 5.50. The van der Waals surface area contributed by atoms with Gasteiger partial charge in [-0.25, -0.2) is 4.98 Å². The van der Waals surface area contributed by atoms with Crippen LogP contribution in [-0.2, 0) is 17.6 Å². The number of carbonyl (C=O) groups is 1. The number of rotatable bonds is 4. The van der Waals surface area contributed by atoms with Crippen LogP contribution in [0, 0.1) is 5.92 Å². The molecule has 168 valence electrons. The topological polar surface area (TPSA) is 92.5 Å². The molecule has 4 aliphatic rings. The zero-order chi connectivity index (χ0) is 21.8. The second kappa shape index (κ2) is 7.74. The number of nitrogens with zero attached hydrogens (tertiary/aromatic N) is 2. The molecule has 2 aromatic rings. The fraction of sp³-hybridized carbons (Fsp3) is 0.520. The molecule has 1 aromatic heterocycles. The van der Waals surface area contributed by atoms with Crippen molar-refractivity contribution in [2.24, 2.45) is 11.7 Å². The van der Waals surface area contributed by atoms with E-state index in [0.717, 1.165) is 50.6 Å². The monoisotopic (exact) mass is 433 g/mol. The first-order chi connectivity index (χ1) is 15.6. The van der Waals surface area contributed by atoms with Crippen LogP contribution >= 0.6 is 0 Å². The molecule has 1 amide bonds. The average Bonchev–Trinajstić information content (AvgIpc) is 3.52. The van der Waals surface area contributed by atoms with E-state index in [9.17, 15) is 4.79 Å². The highest BCUT2D eigenvalue weighted by Gasteiger charge is 2.43. The number of hydrogen-bond acceptors (Lipinski definition) is 6. The van der Waals surface area contributed by atoms with Crippen LogP contribution in [-0.4, -0.2) is 55.8 Å². The smallest absolute Gasteiger partial charge is 0.253 e. The quantitative estimate of drug-likeness (QED) is 0.684. The number of amides is 1. The van der Waals surface area contributed by atoms with Gasteiger partial charge in [0.05, 0.1) is 17.7 Å². The molecule has 2 unspecified atom stereocenters. The van der Waals surface area contributed by atoms with Crippen molar-refractivity contribution in [3.8, 4) is 0 Å². The maximum absolute atomic E-state index is 12.9. The molecule has 7 heteroatoms. The van der Waals surface area contributed by atoms with Gasteiger partial charge in [-0.2, -0.15) is 0 Å². The third kappa shape index (κ3) is 3.53. The number of methoxy groups -OCH3 is 1. The molecule has 2 aliphatic carbocycles. The zero-order valence-corrected chi connectivity index (χ0v) is 18.5. The highest BCUT2D eigenvalue weighted by molar-refractivity contribution is 5.94. The Balaban J connectivity index is 1.12. The lowest BCUT2D eigenvalue weighted by molar-refractivity contribution is 0.0933. The number of aromatic nitrogens is 1. The highest BCUT2D eigenvalue weighted by atomic mass is 16.5. The maximum atomic E-state index is 12.9. The lowest BCUT2D eigenvalue weighted by Crippen LogP contribution is -2.39. The van der Waals surface area contributed by atoms with Gasteiger partial charge in [0.15, 0.2) is 0 Å². The van der Waals surface area contributed by atoms with E-state index >= 15 is 0 Å². The van der Waals surface area contributed by atoms with Crippen LogP contribution in [0.2, 0.25) is 0 Å². The number of pyridine rings is 1. The molecule has 7 nitrogen and oxygen atoms in total. The maximum Gasteiger partial charge on any atom is 0.253 e. The third-order valence-corrected chi connectivity index (χ3v) is 7.76. The molecule has 0 bridgehead atoms. The summed E-state index contributed by atoms with van der Waals surface area (Å²) in [5.41, 5.74) is 12.0. The van der Waals surface area contributed by atoms with Gasteiger partial charge in [-0.15, -0.1) is 0 Å². The number of carbonyl (C=O) groups excluding carboxylic acids is 1. The van der Waals surface area contributed by atoms with Crippen LogP contribution in [0.1, 0.15) is 45.8 Å². The van der Waals surface area contributed by atoms with Crippen LogP contribution in [0.25, 0.3) is 0 Å². The summed E-state index contributed by atoms with van der Waals surface area (Å²) >= 11 is 0. The van der Waals surface area contributed by atoms with Crippen molar-refractivity contribution in [2.75, 3.05) is 37.0 Å². The first-order valence-electron chi connectivity index (χ1n) is 11.8. The minimum Gasteiger partial charge on any atom is -0.378 e. The van der Waals surface area contributed by atoms with Crippen molar-refractivity contribution >= 4 is 17.4 Å². The van der Waals surface area contributed by atoms with Gasteiger partial charge in [-0.1, -0.05) is 6.07 Å². The zero-order valence-electron chi connectivity index (χ0n) is 18.5. The largest absolute Gasteiger partial charge is 0.378 e. The van der Waals surface area contributed by atoms with E-state index in [1.165, 1.54) is 28.8 Å². The van der Waals surface area contributed by atoms with Crippen LogP contribution < -0.4 is 21.3 Å². The Hall–Kier alpha value is -2.64. The summed E-state index contributed by atoms with van der Waals surface area (Å²) in [4.78, 5) is 19.8. The number of anilines is 2. The van der Waals surface area contributed by atoms with E-state index in [-0.39, 0.29) is 24.1 Å². The highest BCUT2D eigenvalue weighted by Crippen LogP contribution is 2.52. The summed E-state index contributed by atoms with van der Waals surface area (Å²) in [6, 6.07) is 8.95. The van der Waals surface area contributed by atoms with E-state index in [4.69, 9.17) is 10.5 Å². The molecule has 5 atom stereocenters. The Bertz CT molecular complexity index is 1060. The number of benzene rings is 1. The lowest BCUT2D eigenvalue weighted by atomic mass is 9.87. The number of hydrogen-bond donors (Lipinski definition) is 3. The van der Waals surface area contributed by atoms with Crippen molar-refractivity contribution in [1.29, 1.82) is 0 Å². The summed E-state index contributed by atoms with van der Waals surface area (Å²) in [7, 11) is 1.73. The van der Waals surface area contributed by atoms with Gasteiger partial charge in [0.1, 0.15) is 5.82 Å². The second-order valence-corrected chi connectivity index (χ2v) is 9.85.